The van der Waals surface area contributed by atoms with E-state index < -0.39 is 10.0 Å². The van der Waals surface area contributed by atoms with Crippen molar-refractivity contribution < 1.29 is 13.2 Å². The lowest BCUT2D eigenvalue weighted by atomic mass is 10.2. The predicted molar refractivity (Wildman–Crippen MR) is 152 cm³/mol. The number of rotatable bonds is 9. The molecule has 1 amide bonds. The quantitative estimate of drug-likeness (QED) is 0.375. The lowest BCUT2D eigenvalue weighted by Crippen LogP contribution is -2.48. The first-order valence-corrected chi connectivity index (χ1v) is 15.4. The minimum atomic E-state index is -3.62. The van der Waals surface area contributed by atoms with Gasteiger partial charge in [-0.3, -0.25) is 4.79 Å². The Morgan fingerprint density at radius 2 is 1.59 bits per heavy atom. The van der Waals surface area contributed by atoms with Crippen LogP contribution in [0.3, 0.4) is 0 Å². The topological polar surface area (TPSA) is 73.8 Å². The number of aromatic nitrogens is 1. The molecule has 1 saturated heterocycles. The predicted octanol–water partition coefficient (Wildman–Crippen LogP) is 5.12. The minimum absolute atomic E-state index is 0.0679. The average molecular weight is 543 g/mol. The van der Waals surface area contributed by atoms with Crippen LogP contribution in [0.5, 0.6) is 0 Å². The van der Waals surface area contributed by atoms with Crippen molar-refractivity contribution in [1.29, 1.82) is 0 Å². The normalized spacial score (nSPS) is 14.9. The monoisotopic (exact) mass is 542 g/mol. The molecule has 1 aromatic heterocycles. The zero-order valence-electron chi connectivity index (χ0n) is 22.5. The Morgan fingerprint density at radius 1 is 0.973 bits per heavy atom. The first-order chi connectivity index (χ1) is 17.6. The number of benzene rings is 2. The van der Waals surface area contributed by atoms with Gasteiger partial charge in [0.2, 0.25) is 10.0 Å². The number of amides is 1. The highest BCUT2D eigenvalue weighted by Crippen LogP contribution is 2.30. The largest absolute Gasteiger partial charge is 0.345 e. The van der Waals surface area contributed by atoms with Gasteiger partial charge in [0.25, 0.3) is 5.91 Å². The first-order valence-electron chi connectivity index (χ1n) is 13.1. The number of nitrogens with zero attached hydrogens (tertiary/aromatic N) is 4. The lowest BCUT2D eigenvalue weighted by Gasteiger charge is -2.34. The second-order valence-electron chi connectivity index (χ2n) is 10.6. The summed E-state index contributed by atoms with van der Waals surface area (Å²) >= 11 is 1.70. The third-order valence-corrected chi connectivity index (χ3v) is 9.49. The maximum Gasteiger partial charge on any atom is 0.253 e. The van der Waals surface area contributed by atoms with Crippen LogP contribution in [0.25, 0.3) is 10.2 Å². The SMILES string of the molecule is CCc1ccc2nc(N3CCN(C(=O)c4ccc(S(=O)(=O)N(CC(C)C)CC(C)C)cc4)CC3)sc2c1. The standard InChI is InChI=1S/C28H38N4O3S2/c1-6-22-7-12-25-26(17-22)36-28(29-25)31-15-13-30(14-16-31)27(33)23-8-10-24(11-9-23)37(34,35)32(18-20(2)3)19-21(4)5/h7-12,17,20-21H,6,13-16,18-19H2,1-5H3. The second-order valence-corrected chi connectivity index (χ2v) is 13.5. The summed E-state index contributed by atoms with van der Waals surface area (Å²) in [6.07, 6.45) is 1.00. The molecule has 1 aliphatic rings. The molecule has 200 valence electrons. The van der Waals surface area contributed by atoms with Crippen LogP contribution in [0.1, 0.15) is 50.5 Å². The van der Waals surface area contributed by atoms with E-state index in [1.54, 1.807) is 39.9 Å². The van der Waals surface area contributed by atoms with Crippen molar-refractivity contribution in [3.63, 3.8) is 0 Å². The minimum Gasteiger partial charge on any atom is -0.345 e. The summed E-state index contributed by atoms with van der Waals surface area (Å²) in [5.74, 6) is 0.385. The van der Waals surface area contributed by atoms with Gasteiger partial charge in [-0.1, -0.05) is 52.0 Å². The highest BCUT2D eigenvalue weighted by molar-refractivity contribution is 7.89. The van der Waals surface area contributed by atoms with Gasteiger partial charge in [0.1, 0.15) is 0 Å². The molecule has 3 aromatic rings. The molecule has 37 heavy (non-hydrogen) atoms. The molecule has 4 rings (SSSR count). The molecule has 7 nitrogen and oxygen atoms in total. The summed E-state index contributed by atoms with van der Waals surface area (Å²) in [4.78, 5) is 22.3. The number of anilines is 1. The molecule has 9 heteroatoms. The summed E-state index contributed by atoms with van der Waals surface area (Å²) < 4.78 is 29.3. The Kier molecular flexibility index (Phi) is 8.56. The van der Waals surface area contributed by atoms with Crippen LogP contribution in [0.15, 0.2) is 47.4 Å². The number of fused-ring (bicyclic) bond motifs is 1. The fourth-order valence-corrected chi connectivity index (χ4v) is 7.45. The van der Waals surface area contributed by atoms with E-state index in [1.165, 1.54) is 10.3 Å². The Labute approximate surface area is 225 Å². The number of aryl methyl sites for hydroxylation is 1. The maximum absolute atomic E-state index is 13.3. The lowest BCUT2D eigenvalue weighted by molar-refractivity contribution is 0.0746. The molecule has 2 aromatic carbocycles. The summed E-state index contributed by atoms with van der Waals surface area (Å²) in [6, 6.07) is 12.8. The third-order valence-electron chi connectivity index (χ3n) is 6.56. The fourth-order valence-electron chi connectivity index (χ4n) is 4.60. The van der Waals surface area contributed by atoms with Gasteiger partial charge in [0, 0.05) is 44.8 Å². The molecule has 0 bridgehead atoms. The van der Waals surface area contributed by atoms with Crippen LogP contribution in [0.4, 0.5) is 5.13 Å². The van der Waals surface area contributed by atoms with E-state index in [9.17, 15) is 13.2 Å². The van der Waals surface area contributed by atoms with Gasteiger partial charge in [-0.2, -0.15) is 4.31 Å². The van der Waals surface area contributed by atoms with Crippen molar-refractivity contribution >= 4 is 42.6 Å². The van der Waals surface area contributed by atoms with Crippen LogP contribution in [-0.2, 0) is 16.4 Å². The zero-order valence-corrected chi connectivity index (χ0v) is 24.1. The number of carbonyl (C=O) groups is 1. The molecule has 1 aliphatic heterocycles. The second kappa shape index (κ2) is 11.5. The molecule has 0 saturated carbocycles. The summed E-state index contributed by atoms with van der Waals surface area (Å²) in [5, 5.41) is 0.997. The van der Waals surface area contributed by atoms with E-state index in [1.807, 2.05) is 32.6 Å². The molecule has 1 fully saturated rings. The van der Waals surface area contributed by atoms with E-state index in [0.29, 0.717) is 31.7 Å². The van der Waals surface area contributed by atoms with Crippen molar-refractivity contribution in [2.45, 2.75) is 45.9 Å². The Balaban J connectivity index is 1.41. The first kappa shape index (κ1) is 27.5. The van der Waals surface area contributed by atoms with Crippen LogP contribution in [-0.4, -0.2) is 67.8 Å². The molecular formula is C28H38N4O3S2. The summed E-state index contributed by atoms with van der Waals surface area (Å²) in [7, 11) is -3.62. The van der Waals surface area contributed by atoms with Crippen LogP contribution in [0, 0.1) is 11.8 Å². The highest BCUT2D eigenvalue weighted by atomic mass is 32.2. The van der Waals surface area contributed by atoms with Gasteiger partial charge in [-0.15, -0.1) is 0 Å². The number of hydrogen-bond donors (Lipinski definition) is 0. The Morgan fingerprint density at radius 3 is 2.16 bits per heavy atom. The number of carbonyl (C=O) groups excluding carboxylic acids is 1. The summed E-state index contributed by atoms with van der Waals surface area (Å²) in [6.45, 7) is 13.8. The molecule has 0 N–H and O–H groups in total. The Bertz CT molecular complexity index is 1320. The molecular weight excluding hydrogens is 504 g/mol. The van der Waals surface area contributed by atoms with Crippen molar-refractivity contribution in [3.8, 4) is 0 Å². The van der Waals surface area contributed by atoms with Gasteiger partial charge in [0.15, 0.2) is 5.13 Å². The van der Waals surface area contributed by atoms with Gasteiger partial charge in [-0.05, 0) is 60.2 Å². The molecule has 0 radical (unpaired) electrons. The van der Waals surface area contributed by atoms with Crippen molar-refractivity contribution in [1.82, 2.24) is 14.2 Å². The van der Waals surface area contributed by atoms with Crippen molar-refractivity contribution in [2.75, 3.05) is 44.2 Å². The molecule has 0 aliphatic carbocycles. The third kappa shape index (κ3) is 6.33. The fraction of sp³-hybridized carbons (Fsp3) is 0.500. The van der Waals surface area contributed by atoms with Crippen LogP contribution in [0.2, 0.25) is 0 Å². The number of thiazole rings is 1. The zero-order chi connectivity index (χ0) is 26.7. The molecule has 0 atom stereocenters. The van der Waals surface area contributed by atoms with E-state index >= 15 is 0 Å². The summed E-state index contributed by atoms with van der Waals surface area (Å²) in [5.41, 5.74) is 2.84. The van der Waals surface area contributed by atoms with E-state index in [2.05, 4.69) is 30.0 Å². The van der Waals surface area contributed by atoms with Gasteiger partial charge in [-0.25, -0.2) is 13.4 Å². The van der Waals surface area contributed by atoms with Crippen LogP contribution >= 0.6 is 11.3 Å². The average Bonchev–Trinajstić information content (AvgIpc) is 3.31. The maximum atomic E-state index is 13.3. The van der Waals surface area contributed by atoms with Gasteiger partial charge in [0.05, 0.1) is 15.1 Å². The molecule has 0 unspecified atom stereocenters. The molecule has 0 spiro atoms. The highest BCUT2D eigenvalue weighted by Gasteiger charge is 2.27. The van der Waals surface area contributed by atoms with Gasteiger partial charge < -0.3 is 9.80 Å². The Hall–Kier alpha value is -2.49. The van der Waals surface area contributed by atoms with Crippen molar-refractivity contribution in [2.24, 2.45) is 11.8 Å². The smallest absolute Gasteiger partial charge is 0.253 e. The van der Waals surface area contributed by atoms with E-state index in [-0.39, 0.29) is 22.6 Å². The van der Waals surface area contributed by atoms with Crippen LogP contribution < -0.4 is 4.90 Å². The van der Waals surface area contributed by atoms with Crippen molar-refractivity contribution in [3.05, 3.63) is 53.6 Å². The molecule has 2 heterocycles. The number of piperazine rings is 1. The van der Waals surface area contributed by atoms with Gasteiger partial charge >= 0.3 is 0 Å². The number of sulfonamides is 1. The van der Waals surface area contributed by atoms with E-state index in [0.717, 1.165) is 30.2 Å². The number of hydrogen-bond acceptors (Lipinski definition) is 6. The van der Waals surface area contributed by atoms with E-state index in [4.69, 9.17) is 4.98 Å².